The number of carbonyl (C=O) groups excluding carboxylic acids is 1. The lowest BCUT2D eigenvalue weighted by atomic mass is 9.98. The van der Waals surface area contributed by atoms with Crippen LogP contribution in [0.5, 0.6) is 5.75 Å². The molecule has 0 N–H and O–H groups in total. The van der Waals surface area contributed by atoms with Gasteiger partial charge in [0, 0.05) is 5.56 Å². The molecule has 0 heterocycles. The van der Waals surface area contributed by atoms with Gasteiger partial charge in [0.15, 0.2) is 0 Å². The minimum atomic E-state index is -6.55. The Bertz CT molecular complexity index is 549. The highest BCUT2D eigenvalue weighted by molar-refractivity contribution is 6.02. The van der Waals surface area contributed by atoms with Gasteiger partial charge in [-0.3, -0.25) is 4.79 Å². The van der Waals surface area contributed by atoms with Crippen molar-refractivity contribution in [2.75, 3.05) is 7.11 Å². The van der Waals surface area contributed by atoms with Gasteiger partial charge in [-0.15, -0.1) is 0 Å². The molecule has 0 spiro atoms. The van der Waals surface area contributed by atoms with Crippen LogP contribution in [0.3, 0.4) is 0 Å². The molecule has 0 saturated heterocycles. The van der Waals surface area contributed by atoms with Gasteiger partial charge in [0.25, 0.3) is 0 Å². The van der Waals surface area contributed by atoms with Crippen molar-refractivity contribution in [2.24, 2.45) is 0 Å². The summed E-state index contributed by atoms with van der Waals surface area (Å²) >= 11 is 0. The van der Waals surface area contributed by atoms with Crippen LogP contribution < -0.4 is 4.74 Å². The molecule has 0 aliphatic heterocycles. The first-order valence-electron chi connectivity index (χ1n) is 5.38. The minimum Gasteiger partial charge on any atom is -0.496 e. The Labute approximate surface area is 114 Å². The SMILES string of the molecule is COc1ccc(C(=O)C(F)(F)C(F)(F)C(F)(F)F)cc1C. The highest BCUT2D eigenvalue weighted by atomic mass is 19.4. The van der Waals surface area contributed by atoms with Crippen molar-refractivity contribution in [2.45, 2.75) is 24.9 Å². The summed E-state index contributed by atoms with van der Waals surface area (Å²) < 4.78 is 92.8. The van der Waals surface area contributed by atoms with Gasteiger partial charge in [-0.1, -0.05) is 0 Å². The molecule has 1 rings (SSSR count). The third kappa shape index (κ3) is 2.81. The van der Waals surface area contributed by atoms with Crippen molar-refractivity contribution in [3.05, 3.63) is 29.3 Å². The van der Waals surface area contributed by atoms with Crippen molar-refractivity contribution in [1.29, 1.82) is 0 Å². The molecule has 0 fully saturated rings. The monoisotopic (exact) mass is 318 g/mol. The quantitative estimate of drug-likeness (QED) is 0.619. The first-order chi connectivity index (χ1) is 9.36. The molecule has 2 nitrogen and oxygen atoms in total. The Hall–Kier alpha value is -1.80. The molecule has 0 unspecified atom stereocenters. The van der Waals surface area contributed by atoms with E-state index in [1.165, 1.54) is 14.0 Å². The molecule has 0 saturated carbocycles. The van der Waals surface area contributed by atoms with Crippen molar-refractivity contribution < 1.29 is 40.3 Å². The average Bonchev–Trinajstić information content (AvgIpc) is 2.36. The van der Waals surface area contributed by atoms with Gasteiger partial charge < -0.3 is 4.74 Å². The number of rotatable bonds is 4. The fraction of sp³-hybridized carbons (Fsp3) is 0.417. The van der Waals surface area contributed by atoms with Crippen molar-refractivity contribution in [1.82, 2.24) is 0 Å². The van der Waals surface area contributed by atoms with Crippen LogP contribution in [-0.2, 0) is 0 Å². The number of hydrogen-bond acceptors (Lipinski definition) is 2. The van der Waals surface area contributed by atoms with Crippen LogP contribution in [0.1, 0.15) is 15.9 Å². The van der Waals surface area contributed by atoms with Gasteiger partial charge in [-0.2, -0.15) is 30.7 Å². The Kier molecular flexibility index (Phi) is 4.27. The maximum Gasteiger partial charge on any atom is 0.460 e. The maximum atomic E-state index is 13.2. The number of Topliss-reactive ketones (excluding diaryl/α,β-unsaturated/α-hetero) is 1. The van der Waals surface area contributed by atoms with E-state index in [2.05, 4.69) is 0 Å². The number of ether oxygens (including phenoxy) is 1. The molecular weight excluding hydrogens is 309 g/mol. The zero-order valence-electron chi connectivity index (χ0n) is 10.7. The Morgan fingerprint density at radius 3 is 1.95 bits per heavy atom. The van der Waals surface area contributed by atoms with Crippen LogP contribution in [-0.4, -0.2) is 30.9 Å². The fourth-order valence-electron chi connectivity index (χ4n) is 1.52. The number of ketones is 1. The summed E-state index contributed by atoms with van der Waals surface area (Å²) in [4.78, 5) is 11.3. The number of halogens is 7. The molecule has 21 heavy (non-hydrogen) atoms. The van der Waals surface area contributed by atoms with Crippen molar-refractivity contribution in [3.8, 4) is 5.75 Å². The third-order valence-electron chi connectivity index (χ3n) is 2.69. The van der Waals surface area contributed by atoms with Crippen molar-refractivity contribution >= 4 is 5.78 Å². The topological polar surface area (TPSA) is 26.3 Å². The van der Waals surface area contributed by atoms with Gasteiger partial charge in [-0.05, 0) is 30.7 Å². The molecule has 9 heteroatoms. The first kappa shape index (κ1) is 17.3. The van der Waals surface area contributed by atoms with E-state index in [4.69, 9.17) is 4.74 Å². The molecule has 0 aliphatic rings. The lowest BCUT2D eigenvalue weighted by Gasteiger charge is -2.27. The Morgan fingerprint density at radius 1 is 1.05 bits per heavy atom. The molecular formula is C12H9F7O2. The number of alkyl halides is 7. The summed E-state index contributed by atoms with van der Waals surface area (Å²) in [6.45, 7) is 1.32. The first-order valence-corrected chi connectivity index (χ1v) is 5.38. The second-order valence-electron chi connectivity index (χ2n) is 4.16. The summed E-state index contributed by atoms with van der Waals surface area (Å²) in [5.41, 5.74) is -0.836. The molecule has 0 aliphatic carbocycles. The zero-order chi connectivity index (χ0) is 16.6. The van der Waals surface area contributed by atoms with Crippen LogP contribution >= 0.6 is 0 Å². The van der Waals surface area contributed by atoms with E-state index in [-0.39, 0.29) is 11.3 Å². The number of methoxy groups -OCH3 is 1. The number of benzene rings is 1. The molecule has 0 bridgehead atoms. The van der Waals surface area contributed by atoms with E-state index in [1.54, 1.807) is 0 Å². The highest BCUT2D eigenvalue weighted by Gasteiger charge is 2.76. The zero-order valence-corrected chi connectivity index (χ0v) is 10.7. The van der Waals surface area contributed by atoms with Gasteiger partial charge in [0.05, 0.1) is 7.11 Å². The van der Waals surface area contributed by atoms with E-state index in [0.29, 0.717) is 6.07 Å². The maximum absolute atomic E-state index is 13.2. The molecule has 118 valence electrons. The molecule has 0 atom stereocenters. The van der Waals surface area contributed by atoms with Crippen LogP contribution in [0.15, 0.2) is 18.2 Å². The Balaban J connectivity index is 3.27. The van der Waals surface area contributed by atoms with E-state index in [9.17, 15) is 35.5 Å². The highest BCUT2D eigenvalue weighted by Crippen LogP contribution is 2.47. The van der Waals surface area contributed by atoms with Crippen molar-refractivity contribution in [3.63, 3.8) is 0 Å². The number of carbonyl (C=O) groups is 1. The summed E-state index contributed by atoms with van der Waals surface area (Å²) in [7, 11) is 1.23. The number of hydrogen-bond donors (Lipinski definition) is 0. The normalized spacial score (nSPS) is 13.2. The van der Waals surface area contributed by atoms with Gasteiger partial charge >= 0.3 is 18.0 Å². The molecule has 0 aromatic heterocycles. The average molecular weight is 318 g/mol. The van der Waals surface area contributed by atoms with Gasteiger partial charge in [-0.25, -0.2) is 0 Å². The van der Waals surface area contributed by atoms with Crippen LogP contribution in [0, 0.1) is 6.92 Å². The largest absolute Gasteiger partial charge is 0.496 e. The van der Waals surface area contributed by atoms with Gasteiger partial charge in [0.1, 0.15) is 5.75 Å². The number of aryl methyl sites for hydroxylation is 1. The molecule has 1 aromatic carbocycles. The van der Waals surface area contributed by atoms with E-state index >= 15 is 0 Å². The molecule has 0 radical (unpaired) electrons. The molecule has 0 amide bonds. The standard InChI is InChI=1S/C12H9F7O2/c1-6-5-7(3-4-8(6)21-2)9(20)10(13,14)11(15,16)12(17,18)19/h3-5H,1-2H3. The van der Waals surface area contributed by atoms with Crippen LogP contribution in [0.25, 0.3) is 0 Å². The predicted octanol–water partition coefficient (Wildman–Crippen LogP) is 4.02. The van der Waals surface area contributed by atoms with Gasteiger partial charge in [0.2, 0.25) is 5.78 Å². The van der Waals surface area contributed by atoms with Crippen LogP contribution in [0.2, 0.25) is 0 Å². The summed E-state index contributed by atoms with van der Waals surface area (Å²) in [6.07, 6.45) is -6.55. The lowest BCUT2D eigenvalue weighted by molar-refractivity contribution is -0.339. The summed E-state index contributed by atoms with van der Waals surface area (Å²) in [6, 6.07) is 2.46. The van der Waals surface area contributed by atoms with E-state index < -0.39 is 29.4 Å². The van der Waals surface area contributed by atoms with E-state index in [0.717, 1.165) is 12.1 Å². The summed E-state index contributed by atoms with van der Waals surface area (Å²) in [5.74, 6) is -14.8. The fourth-order valence-corrected chi connectivity index (χ4v) is 1.52. The predicted molar refractivity (Wildman–Crippen MR) is 58.0 cm³/mol. The second-order valence-corrected chi connectivity index (χ2v) is 4.16. The third-order valence-corrected chi connectivity index (χ3v) is 2.69. The van der Waals surface area contributed by atoms with Crippen LogP contribution in [0.4, 0.5) is 30.7 Å². The minimum absolute atomic E-state index is 0.134. The smallest absolute Gasteiger partial charge is 0.460 e. The Morgan fingerprint density at radius 2 is 1.57 bits per heavy atom. The lowest BCUT2D eigenvalue weighted by Crippen LogP contribution is -2.56. The second kappa shape index (κ2) is 5.19. The molecule has 1 aromatic rings. The van der Waals surface area contributed by atoms with E-state index in [1.807, 2.05) is 0 Å². The summed E-state index contributed by atoms with van der Waals surface area (Å²) in [5, 5.41) is 0.